The first kappa shape index (κ1) is 22.9. The molecule has 0 aliphatic rings. The third kappa shape index (κ3) is 5.11. The Balaban J connectivity index is 1.94. The van der Waals surface area contributed by atoms with Crippen molar-refractivity contribution in [2.75, 3.05) is 6.61 Å². The summed E-state index contributed by atoms with van der Waals surface area (Å²) in [6.07, 6.45) is 1.38. The zero-order valence-corrected chi connectivity index (χ0v) is 19.0. The lowest BCUT2D eigenvalue weighted by atomic mass is 9.95. The van der Waals surface area contributed by atoms with E-state index in [4.69, 9.17) is 15.2 Å². The number of hydrogen-bond donors (Lipinski definition) is 1. The monoisotopic (exact) mass is 433 g/mol. The maximum absolute atomic E-state index is 11.4. The van der Waals surface area contributed by atoms with Crippen molar-refractivity contribution >= 4 is 17.3 Å². The second-order valence-electron chi connectivity index (χ2n) is 8.51. The first-order valence-corrected chi connectivity index (χ1v) is 10.4. The number of primary amides is 1. The van der Waals surface area contributed by atoms with Gasteiger partial charge in [-0.15, -0.1) is 0 Å². The summed E-state index contributed by atoms with van der Waals surface area (Å²) in [7, 11) is 0. The average molecular weight is 434 g/mol. The second kappa shape index (κ2) is 9.18. The molecule has 0 saturated heterocycles. The van der Waals surface area contributed by atoms with Crippen molar-refractivity contribution in [3.05, 3.63) is 47.4 Å². The number of hydrogen-bond acceptors (Lipinski definition) is 7. The van der Waals surface area contributed by atoms with Crippen LogP contribution in [0, 0.1) is 31.1 Å². The molecule has 0 saturated carbocycles. The van der Waals surface area contributed by atoms with Crippen LogP contribution >= 0.6 is 0 Å². The summed E-state index contributed by atoms with van der Waals surface area (Å²) in [5.41, 5.74) is 9.20. The molecule has 2 N–H and O–H groups in total. The summed E-state index contributed by atoms with van der Waals surface area (Å²) in [6.45, 7) is 9.67. The van der Waals surface area contributed by atoms with Gasteiger partial charge in [0.2, 0.25) is 0 Å². The fourth-order valence-corrected chi connectivity index (χ4v) is 3.73. The number of benzene rings is 1. The van der Waals surface area contributed by atoms with E-state index in [1.807, 2.05) is 39.8 Å². The minimum absolute atomic E-state index is 0.0737. The van der Waals surface area contributed by atoms with Crippen molar-refractivity contribution in [3.63, 3.8) is 0 Å². The highest BCUT2D eigenvalue weighted by Crippen LogP contribution is 2.31. The number of nitrogens with two attached hydrogens (primary N) is 1. The van der Waals surface area contributed by atoms with Gasteiger partial charge in [0.05, 0.1) is 17.0 Å². The number of ether oxygens (including phenoxy) is 2. The normalized spacial score (nSPS) is 12.9. The van der Waals surface area contributed by atoms with Crippen LogP contribution < -0.4 is 10.5 Å². The average Bonchev–Trinajstić information content (AvgIpc) is 2.71. The minimum atomic E-state index is -0.905. The van der Waals surface area contributed by atoms with Crippen LogP contribution in [0.4, 0.5) is 4.79 Å². The van der Waals surface area contributed by atoms with Crippen molar-refractivity contribution in [3.8, 4) is 22.9 Å². The highest BCUT2D eigenvalue weighted by molar-refractivity contribution is 5.89. The maximum atomic E-state index is 11.4. The molecule has 1 amide bonds. The molecule has 0 spiro atoms. The van der Waals surface area contributed by atoms with Gasteiger partial charge in [0.25, 0.3) is 0 Å². The molecule has 166 valence electrons. The number of carbonyl (C=O) groups is 1. The predicted molar refractivity (Wildman–Crippen MR) is 121 cm³/mol. The van der Waals surface area contributed by atoms with Crippen molar-refractivity contribution in [2.24, 2.45) is 11.7 Å². The molecule has 2 aromatic heterocycles. The van der Waals surface area contributed by atoms with E-state index < -0.39 is 11.7 Å². The molecule has 0 aliphatic heterocycles. The highest BCUT2D eigenvalue weighted by Gasteiger charge is 2.31. The smallest absolute Gasteiger partial charge is 0.405 e. The van der Waals surface area contributed by atoms with E-state index in [9.17, 15) is 10.1 Å². The number of nitriles is 1. The Bertz CT molecular complexity index is 1200. The number of pyridine rings is 1. The van der Waals surface area contributed by atoms with E-state index in [2.05, 4.69) is 21.0 Å². The molecule has 0 bridgehead atoms. The van der Waals surface area contributed by atoms with Gasteiger partial charge >= 0.3 is 6.09 Å². The summed E-state index contributed by atoms with van der Waals surface area (Å²) in [6, 6.07) is 9.37. The summed E-state index contributed by atoms with van der Waals surface area (Å²) >= 11 is 0. The lowest BCUT2D eigenvalue weighted by Crippen LogP contribution is -2.41. The lowest BCUT2D eigenvalue weighted by Gasteiger charge is -2.30. The Morgan fingerprint density at radius 3 is 2.59 bits per heavy atom. The highest BCUT2D eigenvalue weighted by atomic mass is 16.6. The quantitative estimate of drug-likeness (QED) is 0.583. The fraction of sp³-hybridized carbons (Fsp3) is 0.375. The molecular weight excluding hydrogens is 406 g/mol. The van der Waals surface area contributed by atoms with Gasteiger partial charge in [0.1, 0.15) is 29.5 Å². The van der Waals surface area contributed by atoms with Crippen LogP contribution in [-0.4, -0.2) is 33.3 Å². The first-order valence-electron chi connectivity index (χ1n) is 10.4. The molecule has 32 heavy (non-hydrogen) atoms. The van der Waals surface area contributed by atoms with Crippen molar-refractivity contribution in [1.29, 1.82) is 5.26 Å². The molecule has 1 atom stereocenters. The van der Waals surface area contributed by atoms with Gasteiger partial charge in [-0.25, -0.2) is 19.7 Å². The van der Waals surface area contributed by atoms with Crippen molar-refractivity contribution in [1.82, 2.24) is 15.0 Å². The van der Waals surface area contributed by atoms with Crippen LogP contribution in [0.2, 0.25) is 0 Å². The molecule has 0 fully saturated rings. The van der Waals surface area contributed by atoms with Gasteiger partial charge in [-0.3, -0.25) is 0 Å². The Morgan fingerprint density at radius 2 is 1.94 bits per heavy atom. The van der Waals surface area contributed by atoms with E-state index in [1.165, 1.54) is 0 Å². The minimum Gasteiger partial charge on any atom is -0.488 e. The molecule has 0 aliphatic carbocycles. The summed E-state index contributed by atoms with van der Waals surface area (Å²) in [5.74, 6) is 0.657. The molecule has 2 heterocycles. The Morgan fingerprint density at radius 1 is 1.22 bits per heavy atom. The van der Waals surface area contributed by atoms with Crippen LogP contribution in [0.25, 0.3) is 22.3 Å². The SMILES string of the molecule is Cc1nc2nccc(-c3ccc(OC[C@](C)(CC(C)C)OC(N)=O)c(C#N)c3)c2nc1C. The Hall–Kier alpha value is -3.73. The van der Waals surface area contributed by atoms with Gasteiger partial charge < -0.3 is 15.2 Å². The van der Waals surface area contributed by atoms with Crippen LogP contribution in [0.5, 0.6) is 5.75 Å². The van der Waals surface area contributed by atoms with Gasteiger partial charge in [-0.05, 0) is 56.9 Å². The van der Waals surface area contributed by atoms with Crippen LogP contribution in [0.1, 0.15) is 44.1 Å². The fourth-order valence-electron chi connectivity index (χ4n) is 3.73. The van der Waals surface area contributed by atoms with Crippen LogP contribution in [0.15, 0.2) is 30.5 Å². The third-order valence-electron chi connectivity index (χ3n) is 5.11. The van der Waals surface area contributed by atoms with E-state index >= 15 is 0 Å². The molecule has 0 radical (unpaired) electrons. The van der Waals surface area contributed by atoms with E-state index in [0.29, 0.717) is 28.9 Å². The number of aromatic nitrogens is 3. The molecule has 8 heteroatoms. The Kier molecular flexibility index (Phi) is 6.58. The number of carbonyl (C=O) groups excluding carboxylic acids is 1. The number of fused-ring (bicyclic) bond motifs is 1. The topological polar surface area (TPSA) is 124 Å². The zero-order chi connectivity index (χ0) is 23.5. The van der Waals surface area contributed by atoms with Gasteiger partial charge in [-0.2, -0.15) is 5.26 Å². The molecule has 3 aromatic rings. The molecular formula is C24H27N5O3. The van der Waals surface area contributed by atoms with Crippen molar-refractivity contribution in [2.45, 2.75) is 46.6 Å². The standard InChI is InChI=1S/C24H27N5O3/c1-14(2)11-24(5,32-23(26)30)13-31-20-7-6-17(10-18(20)12-25)19-8-9-27-22-21(19)28-15(3)16(4)29-22/h6-10,14H,11,13H2,1-5H3,(H2,26,30)/t24-/m0/s1. The van der Waals surface area contributed by atoms with E-state index in [1.54, 1.807) is 25.3 Å². The van der Waals surface area contributed by atoms with E-state index in [-0.39, 0.29) is 12.5 Å². The number of aryl methyl sites for hydroxylation is 2. The van der Waals surface area contributed by atoms with Gasteiger partial charge in [-0.1, -0.05) is 19.9 Å². The van der Waals surface area contributed by atoms with Crippen LogP contribution in [0.3, 0.4) is 0 Å². The van der Waals surface area contributed by atoms with Crippen molar-refractivity contribution < 1.29 is 14.3 Å². The summed E-state index contributed by atoms with van der Waals surface area (Å²) in [5, 5.41) is 9.73. The third-order valence-corrected chi connectivity index (χ3v) is 5.11. The van der Waals surface area contributed by atoms with Crippen LogP contribution in [-0.2, 0) is 4.74 Å². The summed E-state index contributed by atoms with van der Waals surface area (Å²) in [4.78, 5) is 24.8. The Labute approximate surface area is 187 Å². The number of nitrogens with zero attached hydrogens (tertiary/aromatic N) is 4. The second-order valence-corrected chi connectivity index (χ2v) is 8.51. The molecule has 3 rings (SSSR count). The molecule has 0 unspecified atom stereocenters. The lowest BCUT2D eigenvalue weighted by molar-refractivity contribution is -0.0186. The molecule has 1 aromatic carbocycles. The maximum Gasteiger partial charge on any atom is 0.405 e. The number of rotatable bonds is 7. The largest absolute Gasteiger partial charge is 0.488 e. The van der Waals surface area contributed by atoms with E-state index in [0.717, 1.165) is 22.5 Å². The van der Waals surface area contributed by atoms with Gasteiger partial charge in [0.15, 0.2) is 5.65 Å². The van der Waals surface area contributed by atoms with Gasteiger partial charge in [0, 0.05) is 11.8 Å². The first-order chi connectivity index (χ1) is 15.1. The molecule has 8 nitrogen and oxygen atoms in total. The summed E-state index contributed by atoms with van der Waals surface area (Å²) < 4.78 is 11.2. The number of amides is 1. The zero-order valence-electron chi connectivity index (χ0n) is 19.0. The predicted octanol–water partition coefficient (Wildman–Crippen LogP) is 4.46.